The molecule has 26 heavy (non-hydrogen) atoms. The van der Waals surface area contributed by atoms with Gasteiger partial charge >= 0.3 is 0 Å². The molecule has 0 spiro atoms. The van der Waals surface area contributed by atoms with E-state index < -0.39 is 0 Å². The van der Waals surface area contributed by atoms with E-state index in [0.29, 0.717) is 30.3 Å². The average molecular weight is 362 g/mol. The van der Waals surface area contributed by atoms with Crippen molar-refractivity contribution in [3.63, 3.8) is 0 Å². The van der Waals surface area contributed by atoms with Gasteiger partial charge in [-0.25, -0.2) is 0 Å². The van der Waals surface area contributed by atoms with Gasteiger partial charge in [0.15, 0.2) is 0 Å². The Morgan fingerprint density at radius 3 is 2.31 bits per heavy atom. The average Bonchev–Trinajstić information content (AvgIpc) is 3.50. The van der Waals surface area contributed by atoms with Gasteiger partial charge in [-0.15, -0.1) is 0 Å². The van der Waals surface area contributed by atoms with E-state index >= 15 is 0 Å². The second-order valence-electron chi connectivity index (χ2n) is 8.47. The molecule has 3 aliphatic rings. The standard InChI is InChI=1S/C21H35N3O2/c1-4-22(14-16(2)3)21(26)18-6-5-11-24(15-18)19-9-12-23(13-10-19)20(25)17-7-8-17/h17-19H,2,4-15H2,1,3H3/t18-/m0/s1. The fraction of sp³-hybridized carbons (Fsp3) is 0.810. The van der Waals surface area contributed by atoms with Gasteiger partial charge < -0.3 is 9.80 Å². The highest BCUT2D eigenvalue weighted by molar-refractivity contribution is 5.81. The van der Waals surface area contributed by atoms with Crippen molar-refractivity contribution in [1.82, 2.24) is 14.7 Å². The molecule has 5 nitrogen and oxygen atoms in total. The lowest BCUT2D eigenvalue weighted by molar-refractivity contribution is -0.137. The zero-order valence-corrected chi connectivity index (χ0v) is 16.6. The molecule has 2 amide bonds. The summed E-state index contributed by atoms with van der Waals surface area (Å²) in [6, 6.07) is 0.532. The first kappa shape index (κ1) is 19.4. The lowest BCUT2D eigenvalue weighted by Crippen LogP contribution is -2.52. The molecule has 0 bridgehead atoms. The summed E-state index contributed by atoms with van der Waals surface area (Å²) in [4.78, 5) is 31.7. The second kappa shape index (κ2) is 8.55. The summed E-state index contributed by atoms with van der Waals surface area (Å²) in [6.07, 6.45) is 6.40. The summed E-state index contributed by atoms with van der Waals surface area (Å²) in [5.41, 5.74) is 1.04. The Kier molecular flexibility index (Phi) is 6.38. The number of likely N-dealkylation sites (N-methyl/N-ethyl adjacent to an activating group) is 1. The highest BCUT2D eigenvalue weighted by Crippen LogP contribution is 2.32. The topological polar surface area (TPSA) is 43.9 Å². The van der Waals surface area contributed by atoms with Crippen molar-refractivity contribution in [1.29, 1.82) is 0 Å². The van der Waals surface area contributed by atoms with Crippen LogP contribution in [0.3, 0.4) is 0 Å². The van der Waals surface area contributed by atoms with Crippen molar-refractivity contribution in [3.8, 4) is 0 Å². The number of rotatable bonds is 6. The molecule has 0 aromatic rings. The van der Waals surface area contributed by atoms with Crippen LogP contribution in [0, 0.1) is 11.8 Å². The molecule has 2 heterocycles. The van der Waals surface area contributed by atoms with Crippen molar-refractivity contribution >= 4 is 11.8 Å². The molecule has 2 aliphatic heterocycles. The third-order valence-electron chi connectivity index (χ3n) is 6.18. The smallest absolute Gasteiger partial charge is 0.227 e. The number of carbonyl (C=O) groups is 2. The zero-order valence-electron chi connectivity index (χ0n) is 16.6. The van der Waals surface area contributed by atoms with Crippen LogP contribution in [0.15, 0.2) is 12.2 Å². The molecule has 0 aromatic carbocycles. The zero-order chi connectivity index (χ0) is 18.7. The first-order chi connectivity index (χ1) is 12.5. The largest absolute Gasteiger partial charge is 0.342 e. The van der Waals surface area contributed by atoms with E-state index in [1.54, 1.807) is 0 Å². The lowest BCUT2D eigenvalue weighted by Gasteiger charge is -2.42. The summed E-state index contributed by atoms with van der Waals surface area (Å²) in [5, 5.41) is 0. The number of likely N-dealkylation sites (tertiary alicyclic amines) is 2. The Morgan fingerprint density at radius 2 is 1.73 bits per heavy atom. The molecule has 3 rings (SSSR count). The molecule has 3 fully saturated rings. The number of nitrogens with zero attached hydrogens (tertiary/aromatic N) is 3. The van der Waals surface area contributed by atoms with Crippen molar-refractivity contribution in [2.24, 2.45) is 11.8 Å². The number of hydrogen-bond donors (Lipinski definition) is 0. The summed E-state index contributed by atoms with van der Waals surface area (Å²) in [6.45, 7) is 13.2. The Hall–Kier alpha value is -1.36. The van der Waals surface area contributed by atoms with Gasteiger partial charge in [-0.2, -0.15) is 0 Å². The molecule has 1 saturated carbocycles. The van der Waals surface area contributed by atoms with E-state index in [0.717, 1.165) is 76.8 Å². The van der Waals surface area contributed by atoms with Crippen LogP contribution >= 0.6 is 0 Å². The minimum absolute atomic E-state index is 0.120. The highest BCUT2D eigenvalue weighted by Gasteiger charge is 2.37. The first-order valence-electron chi connectivity index (χ1n) is 10.5. The van der Waals surface area contributed by atoms with E-state index in [1.165, 1.54) is 0 Å². The number of amides is 2. The summed E-state index contributed by atoms with van der Waals surface area (Å²) in [7, 11) is 0. The monoisotopic (exact) mass is 361 g/mol. The fourth-order valence-corrected chi connectivity index (χ4v) is 4.51. The van der Waals surface area contributed by atoms with Crippen molar-refractivity contribution < 1.29 is 9.59 Å². The van der Waals surface area contributed by atoms with Crippen molar-refractivity contribution in [3.05, 3.63) is 12.2 Å². The molecule has 0 radical (unpaired) electrons. The van der Waals surface area contributed by atoms with E-state index in [9.17, 15) is 9.59 Å². The summed E-state index contributed by atoms with van der Waals surface area (Å²) in [5.74, 6) is 1.13. The lowest BCUT2D eigenvalue weighted by atomic mass is 9.92. The van der Waals surface area contributed by atoms with Gasteiger partial charge in [0.05, 0.1) is 5.92 Å². The third kappa shape index (κ3) is 4.67. The Morgan fingerprint density at radius 1 is 1.04 bits per heavy atom. The van der Waals surface area contributed by atoms with Gasteiger partial charge in [-0.1, -0.05) is 12.2 Å². The number of carbonyl (C=O) groups excluding carboxylic acids is 2. The van der Waals surface area contributed by atoms with Crippen LogP contribution in [-0.2, 0) is 9.59 Å². The maximum atomic E-state index is 12.9. The minimum Gasteiger partial charge on any atom is -0.342 e. The third-order valence-corrected chi connectivity index (χ3v) is 6.18. The van der Waals surface area contributed by atoms with Gasteiger partial charge in [-0.05, 0) is 58.9 Å². The van der Waals surface area contributed by atoms with Gasteiger partial charge in [0, 0.05) is 44.7 Å². The number of piperidine rings is 2. The van der Waals surface area contributed by atoms with E-state index in [1.807, 2.05) is 18.7 Å². The van der Waals surface area contributed by atoms with E-state index in [-0.39, 0.29) is 5.92 Å². The fourth-order valence-electron chi connectivity index (χ4n) is 4.51. The van der Waals surface area contributed by atoms with Gasteiger partial charge in [-0.3, -0.25) is 14.5 Å². The summed E-state index contributed by atoms with van der Waals surface area (Å²) < 4.78 is 0. The predicted octanol–water partition coefficient (Wildman–Crippen LogP) is 2.52. The SMILES string of the molecule is C=C(C)CN(CC)C(=O)[C@H]1CCCN(C2CCN(C(=O)C3CC3)CC2)C1. The predicted molar refractivity (Wildman–Crippen MR) is 104 cm³/mol. The van der Waals surface area contributed by atoms with Crippen molar-refractivity contribution in [2.45, 2.75) is 58.4 Å². The first-order valence-corrected chi connectivity index (χ1v) is 10.5. The van der Waals surface area contributed by atoms with Crippen molar-refractivity contribution in [2.75, 3.05) is 39.3 Å². The quantitative estimate of drug-likeness (QED) is 0.683. The molecule has 0 unspecified atom stereocenters. The van der Waals surface area contributed by atoms with Gasteiger partial charge in [0.1, 0.15) is 0 Å². The van der Waals surface area contributed by atoms with E-state index in [2.05, 4.69) is 16.4 Å². The molecular weight excluding hydrogens is 326 g/mol. The highest BCUT2D eigenvalue weighted by atomic mass is 16.2. The van der Waals surface area contributed by atoms with Crippen LogP contribution in [0.4, 0.5) is 0 Å². The van der Waals surface area contributed by atoms with Crippen LogP contribution in [0.5, 0.6) is 0 Å². The van der Waals surface area contributed by atoms with Crippen LogP contribution in [-0.4, -0.2) is 71.8 Å². The Balaban J connectivity index is 1.51. The maximum Gasteiger partial charge on any atom is 0.227 e. The minimum atomic E-state index is 0.120. The van der Waals surface area contributed by atoms with Crippen LogP contribution in [0.25, 0.3) is 0 Å². The molecule has 0 N–H and O–H groups in total. The Bertz CT molecular complexity index is 535. The van der Waals surface area contributed by atoms with Gasteiger partial charge in [0.2, 0.25) is 11.8 Å². The number of hydrogen-bond acceptors (Lipinski definition) is 3. The molecule has 146 valence electrons. The van der Waals surface area contributed by atoms with Crippen LogP contribution in [0.2, 0.25) is 0 Å². The molecule has 1 atom stereocenters. The second-order valence-corrected chi connectivity index (χ2v) is 8.47. The Labute approximate surface area is 158 Å². The summed E-state index contributed by atoms with van der Waals surface area (Å²) >= 11 is 0. The molecule has 0 aromatic heterocycles. The normalized spacial score (nSPS) is 25.2. The molecule has 5 heteroatoms. The molecule has 1 aliphatic carbocycles. The van der Waals surface area contributed by atoms with Crippen LogP contribution < -0.4 is 0 Å². The van der Waals surface area contributed by atoms with Crippen LogP contribution in [0.1, 0.15) is 52.4 Å². The van der Waals surface area contributed by atoms with E-state index in [4.69, 9.17) is 0 Å². The maximum absolute atomic E-state index is 12.9. The molecule has 2 saturated heterocycles. The molecular formula is C21H35N3O2. The van der Waals surface area contributed by atoms with Gasteiger partial charge in [0.25, 0.3) is 0 Å².